The molecule has 0 saturated carbocycles. The Morgan fingerprint density at radius 1 is 1.05 bits per heavy atom. The predicted octanol–water partition coefficient (Wildman–Crippen LogP) is 6.37. The van der Waals surface area contributed by atoms with Crippen LogP contribution in [0.1, 0.15) is 47.9 Å². The van der Waals surface area contributed by atoms with E-state index < -0.39 is 0 Å². The summed E-state index contributed by atoms with van der Waals surface area (Å²) in [5, 5.41) is 0. The average Bonchev–Trinajstić information content (AvgIpc) is 3.06. The van der Waals surface area contributed by atoms with E-state index in [4.69, 9.17) is 0 Å². The topological polar surface area (TPSA) is 0 Å². The third-order valence-corrected chi connectivity index (χ3v) is 5.66. The van der Waals surface area contributed by atoms with Gasteiger partial charge < -0.3 is 0 Å². The quantitative estimate of drug-likeness (QED) is 0.603. The zero-order valence-electron chi connectivity index (χ0n) is 12.8. The Bertz CT molecular complexity index is 795. The van der Waals surface area contributed by atoms with E-state index >= 15 is 0 Å². The highest BCUT2D eigenvalue weighted by Gasteiger charge is 2.24. The number of halogens is 1. The normalized spacial score (nSPS) is 18.7. The van der Waals surface area contributed by atoms with Gasteiger partial charge in [-0.1, -0.05) is 75.6 Å². The standard InChI is InChI=1S/C21H19Br/c1-14-11-20-19(7-4-8-21(20)22)18(14)10-9-15-12-16-5-2-3-6-17(16)13-15/h2-8,11-12,18H,9-10,13H2,1H3. The molecule has 22 heavy (non-hydrogen) atoms. The predicted molar refractivity (Wildman–Crippen MR) is 97.9 cm³/mol. The van der Waals surface area contributed by atoms with Crippen LogP contribution in [-0.2, 0) is 6.42 Å². The fourth-order valence-electron chi connectivity index (χ4n) is 3.81. The van der Waals surface area contributed by atoms with Crippen LogP contribution in [0, 0.1) is 0 Å². The monoisotopic (exact) mass is 350 g/mol. The smallest absolute Gasteiger partial charge is 0.0250 e. The first kappa shape index (κ1) is 14.0. The summed E-state index contributed by atoms with van der Waals surface area (Å²) in [5.74, 6) is 0.581. The average molecular weight is 351 g/mol. The lowest BCUT2D eigenvalue weighted by molar-refractivity contribution is 0.705. The van der Waals surface area contributed by atoms with E-state index in [2.05, 4.69) is 77.5 Å². The summed E-state index contributed by atoms with van der Waals surface area (Å²) in [4.78, 5) is 0. The van der Waals surface area contributed by atoms with Crippen LogP contribution in [0.25, 0.3) is 12.2 Å². The minimum Gasteiger partial charge on any atom is -0.0652 e. The summed E-state index contributed by atoms with van der Waals surface area (Å²) in [6.45, 7) is 2.27. The van der Waals surface area contributed by atoms with E-state index in [1.165, 1.54) is 45.1 Å². The van der Waals surface area contributed by atoms with Crippen molar-refractivity contribution in [3.63, 3.8) is 0 Å². The summed E-state index contributed by atoms with van der Waals surface area (Å²) in [6, 6.07) is 15.4. The molecule has 2 aliphatic rings. The summed E-state index contributed by atoms with van der Waals surface area (Å²) in [5.41, 5.74) is 8.85. The number of allylic oxidation sites excluding steroid dienone is 2. The first-order valence-electron chi connectivity index (χ1n) is 7.96. The molecular formula is C21H19Br. The summed E-state index contributed by atoms with van der Waals surface area (Å²) in [7, 11) is 0. The van der Waals surface area contributed by atoms with Crippen molar-refractivity contribution in [1.82, 2.24) is 0 Å². The van der Waals surface area contributed by atoms with Crippen LogP contribution in [0.2, 0.25) is 0 Å². The Hall–Kier alpha value is -1.60. The van der Waals surface area contributed by atoms with Crippen molar-refractivity contribution in [2.45, 2.75) is 32.1 Å². The highest BCUT2D eigenvalue weighted by Crippen LogP contribution is 2.43. The maximum atomic E-state index is 3.68. The third kappa shape index (κ3) is 2.38. The van der Waals surface area contributed by atoms with Gasteiger partial charge in [0.2, 0.25) is 0 Å². The molecule has 0 radical (unpaired) electrons. The lowest BCUT2D eigenvalue weighted by atomic mass is 9.90. The molecule has 0 heterocycles. The number of rotatable bonds is 3. The number of benzene rings is 2. The van der Waals surface area contributed by atoms with Gasteiger partial charge in [-0.3, -0.25) is 0 Å². The second-order valence-corrected chi connectivity index (χ2v) is 7.25. The van der Waals surface area contributed by atoms with E-state index in [1.807, 2.05) is 0 Å². The van der Waals surface area contributed by atoms with Gasteiger partial charge in [0, 0.05) is 10.4 Å². The molecule has 2 aromatic rings. The molecule has 0 bridgehead atoms. The first-order valence-corrected chi connectivity index (χ1v) is 8.75. The van der Waals surface area contributed by atoms with Crippen LogP contribution in [0.15, 0.2) is 58.1 Å². The van der Waals surface area contributed by atoms with Gasteiger partial charge in [-0.25, -0.2) is 0 Å². The zero-order chi connectivity index (χ0) is 15.1. The van der Waals surface area contributed by atoms with Gasteiger partial charge in [-0.2, -0.15) is 0 Å². The van der Waals surface area contributed by atoms with Crippen LogP contribution < -0.4 is 0 Å². The van der Waals surface area contributed by atoms with Crippen LogP contribution in [0.5, 0.6) is 0 Å². The molecule has 110 valence electrons. The van der Waals surface area contributed by atoms with Gasteiger partial charge in [0.05, 0.1) is 0 Å². The third-order valence-electron chi connectivity index (χ3n) is 4.97. The minimum absolute atomic E-state index is 0.581. The highest BCUT2D eigenvalue weighted by atomic mass is 79.9. The zero-order valence-corrected chi connectivity index (χ0v) is 14.4. The van der Waals surface area contributed by atoms with E-state index in [0.29, 0.717) is 5.92 Å². The van der Waals surface area contributed by atoms with E-state index in [9.17, 15) is 0 Å². The minimum atomic E-state index is 0.581. The van der Waals surface area contributed by atoms with Crippen molar-refractivity contribution >= 4 is 28.1 Å². The molecule has 0 saturated heterocycles. The molecule has 0 nitrogen and oxygen atoms in total. The molecular weight excluding hydrogens is 332 g/mol. The van der Waals surface area contributed by atoms with Gasteiger partial charge >= 0.3 is 0 Å². The summed E-state index contributed by atoms with van der Waals surface area (Å²) < 4.78 is 1.22. The molecule has 0 aromatic heterocycles. The molecule has 0 spiro atoms. The molecule has 1 unspecified atom stereocenters. The molecule has 0 amide bonds. The Balaban J connectivity index is 1.51. The molecule has 0 fully saturated rings. The molecule has 4 rings (SSSR count). The molecule has 1 atom stereocenters. The van der Waals surface area contributed by atoms with Crippen molar-refractivity contribution in [3.05, 3.63) is 80.3 Å². The van der Waals surface area contributed by atoms with Crippen LogP contribution in [0.4, 0.5) is 0 Å². The summed E-state index contributed by atoms with van der Waals surface area (Å²) in [6.07, 6.45) is 8.28. The van der Waals surface area contributed by atoms with E-state index in [1.54, 1.807) is 5.57 Å². The number of hydrogen-bond acceptors (Lipinski definition) is 0. The van der Waals surface area contributed by atoms with Crippen LogP contribution >= 0.6 is 15.9 Å². The van der Waals surface area contributed by atoms with Crippen LogP contribution in [0.3, 0.4) is 0 Å². The fraction of sp³-hybridized carbons (Fsp3) is 0.238. The molecule has 2 aliphatic carbocycles. The van der Waals surface area contributed by atoms with Gasteiger partial charge in [0.1, 0.15) is 0 Å². The van der Waals surface area contributed by atoms with Crippen molar-refractivity contribution in [2.24, 2.45) is 0 Å². The van der Waals surface area contributed by atoms with E-state index in [0.717, 1.165) is 6.42 Å². The lowest BCUT2D eigenvalue weighted by Gasteiger charge is -2.15. The van der Waals surface area contributed by atoms with Crippen molar-refractivity contribution in [2.75, 3.05) is 0 Å². The Morgan fingerprint density at radius 3 is 2.77 bits per heavy atom. The fourth-order valence-corrected chi connectivity index (χ4v) is 4.30. The van der Waals surface area contributed by atoms with Crippen molar-refractivity contribution in [3.8, 4) is 0 Å². The molecule has 2 aromatic carbocycles. The lowest BCUT2D eigenvalue weighted by Crippen LogP contribution is -1.98. The van der Waals surface area contributed by atoms with Crippen molar-refractivity contribution in [1.29, 1.82) is 0 Å². The number of hydrogen-bond donors (Lipinski definition) is 0. The highest BCUT2D eigenvalue weighted by molar-refractivity contribution is 9.10. The largest absolute Gasteiger partial charge is 0.0652 e. The van der Waals surface area contributed by atoms with Crippen molar-refractivity contribution < 1.29 is 0 Å². The Kier molecular flexibility index (Phi) is 3.54. The second-order valence-electron chi connectivity index (χ2n) is 6.40. The van der Waals surface area contributed by atoms with Gasteiger partial charge in [0.15, 0.2) is 0 Å². The maximum Gasteiger partial charge on any atom is 0.0250 e. The molecule has 1 heteroatoms. The van der Waals surface area contributed by atoms with E-state index in [-0.39, 0.29) is 0 Å². The SMILES string of the molecule is CC1=Cc2c(Br)cccc2C1CCC1=Cc2ccccc2C1. The van der Waals surface area contributed by atoms with Gasteiger partial charge in [-0.05, 0) is 54.5 Å². The first-order chi connectivity index (χ1) is 10.7. The van der Waals surface area contributed by atoms with Gasteiger partial charge in [-0.15, -0.1) is 0 Å². The molecule has 0 aliphatic heterocycles. The molecule has 0 N–H and O–H groups in total. The Morgan fingerprint density at radius 2 is 1.91 bits per heavy atom. The maximum absolute atomic E-state index is 3.68. The second kappa shape index (κ2) is 5.55. The van der Waals surface area contributed by atoms with Gasteiger partial charge in [0.25, 0.3) is 0 Å². The van der Waals surface area contributed by atoms with Crippen LogP contribution in [-0.4, -0.2) is 0 Å². The number of fused-ring (bicyclic) bond motifs is 2. The summed E-state index contributed by atoms with van der Waals surface area (Å²) >= 11 is 3.68. The Labute approximate surface area is 140 Å².